The van der Waals surface area contributed by atoms with Gasteiger partial charge < -0.3 is 15.2 Å². The van der Waals surface area contributed by atoms with E-state index in [9.17, 15) is 4.39 Å². The van der Waals surface area contributed by atoms with E-state index in [-0.39, 0.29) is 5.92 Å². The maximum atomic E-state index is 13.2. The van der Waals surface area contributed by atoms with Crippen LogP contribution in [0, 0.1) is 12.8 Å². The molecule has 0 aromatic carbocycles. The lowest BCUT2D eigenvalue weighted by atomic mass is 10.3. The van der Waals surface area contributed by atoms with Crippen molar-refractivity contribution in [3.63, 3.8) is 0 Å². The van der Waals surface area contributed by atoms with Crippen molar-refractivity contribution in [2.24, 2.45) is 0 Å². The molecule has 9 heteroatoms. The average Bonchev–Trinajstić information content (AvgIpc) is 3.14. The van der Waals surface area contributed by atoms with Crippen LogP contribution >= 0.6 is 0 Å². The standard InChI is InChI=1S/C19H19FN8.C2H2/c1-28(10-11-2-3-14-15(23-11)4-6-21-14)19-22-7-5-17(25-19)24-18-9-16(26-27-18)12-8-13(12)20;1-2/h2-7,9,12-13,21H,8,10H2,1H3,(H2,22,24,25,26,27);1-2H/t12-,13+;/m1./s1. The first-order valence-electron chi connectivity index (χ1n) is 9.42. The Labute approximate surface area is 173 Å². The van der Waals surface area contributed by atoms with Gasteiger partial charge in [0, 0.05) is 37.1 Å². The van der Waals surface area contributed by atoms with Crippen LogP contribution in [0.4, 0.5) is 22.0 Å². The number of alkyl halides is 1. The van der Waals surface area contributed by atoms with Crippen LogP contribution in [0.5, 0.6) is 0 Å². The lowest BCUT2D eigenvalue weighted by molar-refractivity contribution is 0.466. The van der Waals surface area contributed by atoms with E-state index >= 15 is 0 Å². The Hall–Kier alpha value is -3.93. The Bertz CT molecular complexity index is 1160. The number of H-pyrrole nitrogens is 2. The highest BCUT2D eigenvalue weighted by Gasteiger charge is 2.40. The fourth-order valence-electron chi connectivity index (χ4n) is 3.19. The van der Waals surface area contributed by atoms with E-state index in [0.717, 1.165) is 22.4 Å². The maximum absolute atomic E-state index is 13.2. The molecule has 0 bridgehead atoms. The average molecular weight is 404 g/mol. The first-order chi connectivity index (χ1) is 14.7. The number of hydrogen-bond acceptors (Lipinski definition) is 6. The van der Waals surface area contributed by atoms with Crippen molar-refractivity contribution in [2.45, 2.75) is 25.1 Å². The second-order valence-electron chi connectivity index (χ2n) is 7.00. The molecule has 4 aromatic heterocycles. The van der Waals surface area contributed by atoms with Crippen LogP contribution < -0.4 is 10.2 Å². The number of fused-ring (bicyclic) bond motifs is 1. The summed E-state index contributed by atoms with van der Waals surface area (Å²) in [6.07, 6.45) is 11.4. The van der Waals surface area contributed by atoms with E-state index in [1.54, 1.807) is 12.3 Å². The monoisotopic (exact) mass is 404 g/mol. The molecular weight excluding hydrogens is 383 g/mol. The summed E-state index contributed by atoms with van der Waals surface area (Å²) in [5, 5.41) is 10.2. The van der Waals surface area contributed by atoms with Gasteiger partial charge in [-0.25, -0.2) is 14.4 Å². The third-order valence-electron chi connectivity index (χ3n) is 4.81. The summed E-state index contributed by atoms with van der Waals surface area (Å²) in [7, 11) is 1.92. The topological polar surface area (TPSA) is 98.4 Å². The van der Waals surface area contributed by atoms with Crippen molar-refractivity contribution in [1.82, 2.24) is 30.1 Å². The van der Waals surface area contributed by atoms with Crippen LogP contribution in [0.2, 0.25) is 0 Å². The second kappa shape index (κ2) is 8.21. The number of hydrogen-bond donors (Lipinski definition) is 3. The molecule has 1 aliphatic carbocycles. The van der Waals surface area contributed by atoms with Gasteiger partial charge in [-0.2, -0.15) is 10.1 Å². The predicted octanol–water partition coefficient (Wildman–Crippen LogP) is 3.53. The van der Waals surface area contributed by atoms with Gasteiger partial charge in [0.25, 0.3) is 0 Å². The summed E-state index contributed by atoms with van der Waals surface area (Å²) in [6.45, 7) is 0.580. The van der Waals surface area contributed by atoms with Gasteiger partial charge in [-0.3, -0.25) is 5.10 Å². The fraction of sp³-hybridized carbons (Fsp3) is 0.238. The number of aromatic amines is 2. The van der Waals surface area contributed by atoms with Gasteiger partial charge in [0.15, 0.2) is 5.82 Å². The van der Waals surface area contributed by atoms with Crippen molar-refractivity contribution in [2.75, 3.05) is 17.3 Å². The van der Waals surface area contributed by atoms with Gasteiger partial charge in [0.05, 0.1) is 23.3 Å². The Morgan fingerprint density at radius 2 is 2.03 bits per heavy atom. The Morgan fingerprint density at radius 3 is 2.83 bits per heavy atom. The highest BCUT2D eigenvalue weighted by atomic mass is 19.1. The molecule has 1 aliphatic rings. The minimum absolute atomic E-state index is 0.0555. The third kappa shape index (κ3) is 4.07. The van der Waals surface area contributed by atoms with E-state index in [2.05, 4.69) is 48.3 Å². The van der Waals surface area contributed by atoms with Crippen molar-refractivity contribution in [3.8, 4) is 12.8 Å². The van der Waals surface area contributed by atoms with Gasteiger partial charge in [-0.1, -0.05) is 0 Å². The number of pyridine rings is 1. The number of nitrogens with zero attached hydrogens (tertiary/aromatic N) is 5. The van der Waals surface area contributed by atoms with Crippen LogP contribution in [0.25, 0.3) is 11.0 Å². The lowest BCUT2D eigenvalue weighted by Gasteiger charge is -2.17. The van der Waals surface area contributed by atoms with Gasteiger partial charge in [0.2, 0.25) is 5.95 Å². The molecule has 0 spiro atoms. The van der Waals surface area contributed by atoms with E-state index in [1.807, 2.05) is 42.4 Å². The minimum Gasteiger partial charge on any atom is -0.360 e. The number of rotatable bonds is 6. The molecule has 5 rings (SSSR count). The van der Waals surface area contributed by atoms with Crippen LogP contribution in [0.1, 0.15) is 23.7 Å². The Kier molecular flexibility index (Phi) is 5.30. The fourth-order valence-corrected chi connectivity index (χ4v) is 3.19. The van der Waals surface area contributed by atoms with Gasteiger partial charge >= 0.3 is 0 Å². The lowest BCUT2D eigenvalue weighted by Crippen LogP contribution is -2.20. The SMILES string of the molecule is C#C.CN(Cc1ccc2[nH]ccc2n1)c1nccc(Nc2cc([C@@H]3C[C@@H]3F)[nH]n2)n1. The Morgan fingerprint density at radius 1 is 1.20 bits per heavy atom. The van der Waals surface area contributed by atoms with Gasteiger partial charge in [-0.05, 0) is 30.7 Å². The molecule has 0 saturated heterocycles. The summed E-state index contributed by atoms with van der Waals surface area (Å²) in [4.78, 5) is 18.6. The first-order valence-corrected chi connectivity index (χ1v) is 9.42. The predicted molar refractivity (Wildman–Crippen MR) is 114 cm³/mol. The van der Waals surface area contributed by atoms with Crippen LogP contribution in [0.3, 0.4) is 0 Å². The minimum atomic E-state index is -0.758. The molecule has 4 aromatic rings. The van der Waals surface area contributed by atoms with Gasteiger partial charge in [0.1, 0.15) is 12.0 Å². The number of nitrogens with one attached hydrogen (secondary N) is 3. The molecule has 30 heavy (non-hydrogen) atoms. The zero-order chi connectivity index (χ0) is 21.1. The van der Waals surface area contributed by atoms with E-state index in [0.29, 0.717) is 30.5 Å². The smallest absolute Gasteiger partial charge is 0.227 e. The van der Waals surface area contributed by atoms with Crippen molar-refractivity contribution in [3.05, 3.63) is 54.1 Å². The molecule has 1 fully saturated rings. The molecule has 8 nitrogen and oxygen atoms in total. The summed E-state index contributed by atoms with van der Waals surface area (Å²) in [5.41, 5.74) is 3.69. The molecule has 1 saturated carbocycles. The van der Waals surface area contributed by atoms with Gasteiger partial charge in [-0.15, -0.1) is 12.8 Å². The molecule has 4 heterocycles. The molecule has 152 valence electrons. The molecular formula is C21H21FN8. The Balaban J connectivity index is 0.00000106. The number of terminal acetylenes is 1. The summed E-state index contributed by atoms with van der Waals surface area (Å²) < 4.78 is 13.2. The zero-order valence-corrected chi connectivity index (χ0v) is 16.4. The summed E-state index contributed by atoms with van der Waals surface area (Å²) in [5.74, 6) is 1.75. The van der Waals surface area contributed by atoms with Crippen LogP contribution in [-0.2, 0) is 6.54 Å². The number of anilines is 3. The zero-order valence-electron chi connectivity index (χ0n) is 16.4. The quantitative estimate of drug-likeness (QED) is 0.425. The van der Waals surface area contributed by atoms with Crippen LogP contribution in [-0.4, -0.2) is 43.4 Å². The highest BCUT2D eigenvalue weighted by Crippen LogP contribution is 2.43. The van der Waals surface area contributed by atoms with Crippen molar-refractivity contribution in [1.29, 1.82) is 0 Å². The van der Waals surface area contributed by atoms with Crippen LogP contribution in [0.15, 0.2) is 42.7 Å². The molecule has 0 amide bonds. The van der Waals surface area contributed by atoms with E-state index in [1.165, 1.54) is 0 Å². The van der Waals surface area contributed by atoms with Crippen molar-refractivity contribution < 1.29 is 4.39 Å². The third-order valence-corrected chi connectivity index (χ3v) is 4.81. The number of aromatic nitrogens is 6. The largest absolute Gasteiger partial charge is 0.360 e. The molecule has 0 radical (unpaired) electrons. The molecule has 3 N–H and O–H groups in total. The molecule has 2 atom stereocenters. The first kappa shape index (κ1) is 19.4. The normalized spacial score (nSPS) is 17.2. The molecule has 0 unspecified atom stereocenters. The van der Waals surface area contributed by atoms with E-state index in [4.69, 9.17) is 0 Å². The second-order valence-corrected chi connectivity index (χ2v) is 7.00. The highest BCUT2D eigenvalue weighted by molar-refractivity contribution is 5.74. The molecule has 0 aliphatic heterocycles. The van der Waals surface area contributed by atoms with Crippen molar-refractivity contribution >= 4 is 28.6 Å². The maximum Gasteiger partial charge on any atom is 0.227 e. The number of halogens is 1. The summed E-state index contributed by atoms with van der Waals surface area (Å²) in [6, 6.07) is 9.54. The summed E-state index contributed by atoms with van der Waals surface area (Å²) >= 11 is 0. The van der Waals surface area contributed by atoms with E-state index < -0.39 is 6.17 Å².